The van der Waals surface area contributed by atoms with Gasteiger partial charge in [-0.2, -0.15) is 0 Å². The van der Waals surface area contributed by atoms with Crippen molar-refractivity contribution in [3.05, 3.63) is 35.9 Å². The van der Waals surface area contributed by atoms with Gasteiger partial charge in [0.15, 0.2) is 0 Å². The van der Waals surface area contributed by atoms with E-state index in [1.165, 1.54) is 0 Å². The number of esters is 1. The fourth-order valence-corrected chi connectivity index (χ4v) is 1.81. The zero-order valence-corrected chi connectivity index (χ0v) is 13.1. The molecule has 1 N–H and O–H groups in total. The first-order valence-electron chi connectivity index (χ1n) is 7.16. The Morgan fingerprint density at radius 3 is 2.20 bits per heavy atom. The highest BCUT2D eigenvalue weighted by molar-refractivity contribution is 5.89. The first kappa shape index (κ1) is 16.7. The molecule has 3 nitrogen and oxygen atoms in total. The number of ether oxygens (including phenoxy) is 1. The van der Waals surface area contributed by atoms with E-state index in [9.17, 15) is 9.90 Å². The lowest BCUT2D eigenvalue weighted by atomic mass is 9.84. The summed E-state index contributed by atoms with van der Waals surface area (Å²) in [7, 11) is 0. The van der Waals surface area contributed by atoms with Gasteiger partial charge in [0.05, 0.1) is 11.7 Å². The van der Waals surface area contributed by atoms with Crippen molar-refractivity contribution in [3.8, 4) is 0 Å². The van der Waals surface area contributed by atoms with E-state index in [0.717, 1.165) is 0 Å². The van der Waals surface area contributed by atoms with Crippen molar-refractivity contribution in [3.63, 3.8) is 0 Å². The Kier molecular flexibility index (Phi) is 5.75. The maximum absolute atomic E-state index is 12.1. The molecular weight excluding hydrogens is 252 g/mol. The third-order valence-corrected chi connectivity index (χ3v) is 3.47. The van der Waals surface area contributed by atoms with Crippen molar-refractivity contribution in [2.24, 2.45) is 11.3 Å². The lowest BCUT2D eigenvalue weighted by Crippen LogP contribution is -2.34. The summed E-state index contributed by atoms with van der Waals surface area (Å²) < 4.78 is 5.56. The van der Waals surface area contributed by atoms with E-state index in [4.69, 9.17) is 4.74 Å². The first-order valence-corrected chi connectivity index (χ1v) is 7.16. The molecule has 0 aliphatic carbocycles. The molecule has 3 heteroatoms. The highest BCUT2D eigenvalue weighted by atomic mass is 16.5. The van der Waals surface area contributed by atoms with E-state index in [2.05, 4.69) is 0 Å². The van der Waals surface area contributed by atoms with E-state index in [-0.39, 0.29) is 23.4 Å². The number of hydrogen-bond acceptors (Lipinski definition) is 3. The molecule has 0 aromatic heterocycles. The van der Waals surface area contributed by atoms with Gasteiger partial charge in [0.2, 0.25) is 0 Å². The van der Waals surface area contributed by atoms with E-state index in [0.29, 0.717) is 12.0 Å². The zero-order chi connectivity index (χ0) is 15.3. The Balaban J connectivity index is 2.71. The summed E-state index contributed by atoms with van der Waals surface area (Å²) >= 11 is 0. The van der Waals surface area contributed by atoms with Crippen molar-refractivity contribution in [2.45, 2.75) is 53.2 Å². The molecule has 0 unspecified atom stereocenters. The summed E-state index contributed by atoms with van der Waals surface area (Å²) in [4.78, 5) is 12.1. The van der Waals surface area contributed by atoms with Gasteiger partial charge >= 0.3 is 5.97 Å². The Labute approximate surface area is 122 Å². The van der Waals surface area contributed by atoms with Gasteiger partial charge in [-0.3, -0.25) is 0 Å². The zero-order valence-electron chi connectivity index (χ0n) is 13.1. The second-order valence-corrected chi connectivity index (χ2v) is 6.67. The number of aliphatic hydroxyl groups is 1. The minimum Gasteiger partial charge on any atom is -0.458 e. The molecule has 0 spiro atoms. The molecule has 0 amide bonds. The summed E-state index contributed by atoms with van der Waals surface area (Å²) in [6.07, 6.45) is -0.324. The van der Waals surface area contributed by atoms with E-state index < -0.39 is 6.10 Å². The van der Waals surface area contributed by atoms with Gasteiger partial charge in [-0.05, 0) is 23.5 Å². The fraction of sp³-hybridized carbons (Fsp3) is 0.588. The van der Waals surface area contributed by atoms with E-state index >= 15 is 0 Å². The normalized spacial score (nSPS) is 14.9. The molecule has 0 heterocycles. The van der Waals surface area contributed by atoms with Crippen LogP contribution in [0.3, 0.4) is 0 Å². The van der Waals surface area contributed by atoms with Gasteiger partial charge < -0.3 is 9.84 Å². The van der Waals surface area contributed by atoms with Crippen LogP contribution in [0.5, 0.6) is 0 Å². The van der Waals surface area contributed by atoms with Crippen molar-refractivity contribution >= 4 is 5.97 Å². The Morgan fingerprint density at radius 1 is 1.20 bits per heavy atom. The molecule has 0 saturated carbocycles. The number of benzene rings is 1. The quantitative estimate of drug-likeness (QED) is 0.836. The van der Waals surface area contributed by atoms with Crippen LogP contribution in [-0.4, -0.2) is 23.3 Å². The van der Waals surface area contributed by atoms with Crippen LogP contribution in [0.1, 0.15) is 51.4 Å². The highest BCUT2D eigenvalue weighted by Gasteiger charge is 2.29. The van der Waals surface area contributed by atoms with Crippen LogP contribution >= 0.6 is 0 Å². The lowest BCUT2D eigenvalue weighted by molar-refractivity contribution is -0.0229. The minimum absolute atomic E-state index is 0.166. The molecule has 1 aromatic carbocycles. The van der Waals surface area contributed by atoms with Crippen LogP contribution in [0.15, 0.2) is 30.3 Å². The van der Waals surface area contributed by atoms with Crippen molar-refractivity contribution in [1.82, 2.24) is 0 Å². The maximum Gasteiger partial charge on any atom is 0.338 e. The molecular formula is C17H26O3. The summed E-state index contributed by atoms with van der Waals surface area (Å²) in [6.45, 7) is 9.94. The summed E-state index contributed by atoms with van der Waals surface area (Å²) in [5.41, 5.74) is 0.329. The van der Waals surface area contributed by atoms with Crippen molar-refractivity contribution in [1.29, 1.82) is 0 Å². The third kappa shape index (κ3) is 4.97. The number of hydrogen-bond donors (Lipinski definition) is 1. The highest BCUT2D eigenvalue weighted by Crippen LogP contribution is 2.26. The maximum atomic E-state index is 12.1. The summed E-state index contributed by atoms with van der Waals surface area (Å²) in [5.74, 6) is -0.162. The largest absolute Gasteiger partial charge is 0.458 e. The van der Waals surface area contributed by atoms with Crippen LogP contribution in [0.4, 0.5) is 0 Å². The Bertz CT molecular complexity index is 418. The van der Waals surface area contributed by atoms with Gasteiger partial charge in [0.25, 0.3) is 0 Å². The fourth-order valence-electron chi connectivity index (χ4n) is 1.81. The predicted octanol–water partition coefficient (Wildman–Crippen LogP) is 3.67. The average molecular weight is 278 g/mol. The molecule has 20 heavy (non-hydrogen) atoms. The Hall–Kier alpha value is -1.35. The number of aliphatic hydroxyl groups excluding tert-OH is 1. The molecule has 0 fully saturated rings. The van der Waals surface area contributed by atoms with E-state index in [1.807, 2.05) is 52.8 Å². The molecule has 112 valence electrons. The van der Waals surface area contributed by atoms with Crippen LogP contribution in [-0.2, 0) is 4.74 Å². The lowest BCUT2D eigenvalue weighted by Gasteiger charge is -2.31. The first-order chi connectivity index (χ1) is 9.21. The summed E-state index contributed by atoms with van der Waals surface area (Å²) in [6, 6.07) is 8.95. The van der Waals surface area contributed by atoms with Crippen LogP contribution in [0.2, 0.25) is 0 Å². The number of carbonyl (C=O) groups excluding carboxylic acids is 1. The number of carbonyl (C=O) groups is 1. The van der Waals surface area contributed by atoms with Gasteiger partial charge in [0, 0.05) is 6.42 Å². The second-order valence-electron chi connectivity index (χ2n) is 6.67. The average Bonchev–Trinajstić information content (AvgIpc) is 2.37. The SMILES string of the molecule is CC(C)[C@H](C[C@H](O)C(C)(C)C)OC(=O)c1ccccc1. The standard InChI is InChI=1S/C17H26O3/c1-12(2)14(11-15(18)17(3,4)5)20-16(19)13-9-7-6-8-10-13/h6-10,12,14-15,18H,11H2,1-5H3/t14-,15-/m0/s1. The molecule has 0 bridgehead atoms. The van der Waals surface area contributed by atoms with E-state index in [1.54, 1.807) is 12.1 Å². The predicted molar refractivity (Wildman–Crippen MR) is 80.6 cm³/mol. The minimum atomic E-state index is -0.501. The molecule has 0 radical (unpaired) electrons. The third-order valence-electron chi connectivity index (χ3n) is 3.47. The molecule has 0 saturated heterocycles. The smallest absolute Gasteiger partial charge is 0.338 e. The topological polar surface area (TPSA) is 46.5 Å². The monoisotopic (exact) mass is 278 g/mol. The van der Waals surface area contributed by atoms with Crippen LogP contribution < -0.4 is 0 Å². The van der Waals surface area contributed by atoms with Crippen molar-refractivity contribution < 1.29 is 14.6 Å². The van der Waals surface area contributed by atoms with Gasteiger partial charge in [0.1, 0.15) is 6.10 Å². The van der Waals surface area contributed by atoms with Gasteiger partial charge in [-0.15, -0.1) is 0 Å². The molecule has 0 aliphatic rings. The number of rotatable bonds is 5. The van der Waals surface area contributed by atoms with Crippen LogP contribution in [0.25, 0.3) is 0 Å². The molecule has 0 aliphatic heterocycles. The molecule has 1 aromatic rings. The van der Waals surface area contributed by atoms with Crippen molar-refractivity contribution in [2.75, 3.05) is 0 Å². The molecule has 2 atom stereocenters. The summed E-state index contributed by atoms with van der Waals surface area (Å²) in [5, 5.41) is 10.2. The van der Waals surface area contributed by atoms with Crippen LogP contribution in [0, 0.1) is 11.3 Å². The van der Waals surface area contributed by atoms with Gasteiger partial charge in [-0.25, -0.2) is 4.79 Å². The second kappa shape index (κ2) is 6.89. The Morgan fingerprint density at radius 2 is 1.75 bits per heavy atom. The molecule has 1 rings (SSSR count). The van der Waals surface area contributed by atoms with Gasteiger partial charge in [-0.1, -0.05) is 52.8 Å².